The van der Waals surface area contributed by atoms with E-state index >= 15 is 0 Å². The first kappa shape index (κ1) is 20.3. The molecule has 6 nitrogen and oxygen atoms in total. The van der Waals surface area contributed by atoms with Crippen molar-refractivity contribution in [3.63, 3.8) is 0 Å². The van der Waals surface area contributed by atoms with Gasteiger partial charge in [0.1, 0.15) is 18.0 Å². The molecule has 0 radical (unpaired) electrons. The van der Waals surface area contributed by atoms with E-state index < -0.39 is 5.60 Å². The van der Waals surface area contributed by atoms with Gasteiger partial charge in [0.15, 0.2) is 0 Å². The number of ether oxygens (including phenoxy) is 1. The van der Waals surface area contributed by atoms with Crippen LogP contribution in [-0.2, 0) is 11.3 Å². The van der Waals surface area contributed by atoms with Crippen LogP contribution in [0.15, 0.2) is 54.9 Å². The highest BCUT2D eigenvalue weighted by Crippen LogP contribution is 2.24. The minimum Gasteiger partial charge on any atom is -0.491 e. The molecule has 1 N–H and O–H groups in total. The van der Waals surface area contributed by atoms with E-state index in [1.165, 1.54) is 0 Å². The molecule has 0 atom stereocenters. The monoisotopic (exact) mass is 383 g/mol. The number of piperidine rings is 1. The van der Waals surface area contributed by atoms with E-state index in [1.54, 1.807) is 6.20 Å². The van der Waals surface area contributed by atoms with Gasteiger partial charge in [-0.05, 0) is 43.7 Å². The summed E-state index contributed by atoms with van der Waals surface area (Å²) in [6.07, 6.45) is 5.17. The summed E-state index contributed by atoms with van der Waals surface area (Å²) in [5.74, 6) is 0.898. The van der Waals surface area contributed by atoms with Crippen molar-refractivity contribution in [1.29, 1.82) is 0 Å². The number of para-hydroxylation sites is 1. The standard InChI is InChI=1S/C22H29N3O3/c1-24(17-19-6-5-12-23-16-19)13-9-21(26)25-14-10-22(27,11-15-25)18-28-20-7-3-2-4-8-20/h2-8,12,16,27H,9-11,13-15,17-18H2,1H3. The summed E-state index contributed by atoms with van der Waals surface area (Å²) in [5, 5.41) is 10.7. The van der Waals surface area contributed by atoms with E-state index in [1.807, 2.05) is 60.6 Å². The second kappa shape index (κ2) is 9.66. The Balaban J connectivity index is 1.38. The number of carbonyl (C=O) groups excluding carboxylic acids is 1. The molecule has 0 aliphatic carbocycles. The lowest BCUT2D eigenvalue weighted by atomic mass is 9.92. The highest BCUT2D eigenvalue weighted by atomic mass is 16.5. The van der Waals surface area contributed by atoms with Gasteiger partial charge < -0.3 is 19.6 Å². The minimum atomic E-state index is -0.871. The van der Waals surface area contributed by atoms with Crippen molar-refractivity contribution in [2.45, 2.75) is 31.4 Å². The molecule has 6 heteroatoms. The summed E-state index contributed by atoms with van der Waals surface area (Å²) in [5.41, 5.74) is 0.267. The maximum absolute atomic E-state index is 12.5. The highest BCUT2D eigenvalue weighted by Gasteiger charge is 2.34. The number of carbonyl (C=O) groups is 1. The van der Waals surface area contributed by atoms with Crippen LogP contribution < -0.4 is 4.74 Å². The van der Waals surface area contributed by atoms with Crippen molar-refractivity contribution in [2.24, 2.45) is 0 Å². The van der Waals surface area contributed by atoms with Crippen molar-refractivity contribution >= 4 is 5.91 Å². The van der Waals surface area contributed by atoms with Gasteiger partial charge in [0.25, 0.3) is 0 Å². The van der Waals surface area contributed by atoms with Crippen LogP contribution in [-0.4, -0.2) is 64.7 Å². The Kier molecular flexibility index (Phi) is 7.01. The number of amides is 1. The summed E-state index contributed by atoms with van der Waals surface area (Å²) in [4.78, 5) is 20.6. The fourth-order valence-electron chi connectivity index (χ4n) is 3.38. The number of nitrogens with zero attached hydrogens (tertiary/aromatic N) is 3. The minimum absolute atomic E-state index is 0.143. The zero-order chi connectivity index (χ0) is 19.8. The zero-order valence-corrected chi connectivity index (χ0v) is 16.5. The Morgan fingerprint density at radius 3 is 2.64 bits per heavy atom. The highest BCUT2D eigenvalue weighted by molar-refractivity contribution is 5.76. The van der Waals surface area contributed by atoms with Crippen LogP contribution >= 0.6 is 0 Å². The Morgan fingerprint density at radius 1 is 1.21 bits per heavy atom. The van der Waals surface area contributed by atoms with Crippen molar-refractivity contribution in [3.05, 3.63) is 60.4 Å². The molecule has 1 aromatic heterocycles. The SMILES string of the molecule is CN(CCC(=O)N1CCC(O)(COc2ccccc2)CC1)Cc1cccnc1. The lowest BCUT2D eigenvalue weighted by Gasteiger charge is -2.38. The number of aromatic nitrogens is 1. The van der Waals surface area contributed by atoms with Gasteiger partial charge in [0.2, 0.25) is 5.91 Å². The molecule has 1 aliphatic rings. The van der Waals surface area contributed by atoms with Gasteiger partial charge in [-0.2, -0.15) is 0 Å². The lowest BCUT2D eigenvalue weighted by Crippen LogP contribution is -2.49. The smallest absolute Gasteiger partial charge is 0.223 e. The fraction of sp³-hybridized carbons (Fsp3) is 0.455. The molecule has 1 aromatic carbocycles. The third-order valence-corrected chi connectivity index (χ3v) is 5.18. The largest absolute Gasteiger partial charge is 0.491 e. The lowest BCUT2D eigenvalue weighted by molar-refractivity contribution is -0.136. The number of benzene rings is 1. The molecule has 0 unspecified atom stereocenters. The molecule has 2 aromatic rings. The summed E-state index contributed by atoms with van der Waals surface area (Å²) in [6.45, 7) is 2.87. The number of likely N-dealkylation sites (tertiary alicyclic amines) is 1. The third-order valence-electron chi connectivity index (χ3n) is 5.18. The van der Waals surface area contributed by atoms with Crippen LogP contribution in [0, 0.1) is 0 Å². The van der Waals surface area contributed by atoms with Gasteiger partial charge >= 0.3 is 0 Å². The first-order valence-corrected chi connectivity index (χ1v) is 9.80. The Morgan fingerprint density at radius 2 is 1.96 bits per heavy atom. The fourth-order valence-corrected chi connectivity index (χ4v) is 3.38. The number of rotatable bonds is 8. The van der Waals surface area contributed by atoms with Gasteiger partial charge in [-0.3, -0.25) is 9.78 Å². The van der Waals surface area contributed by atoms with Gasteiger partial charge in [-0.1, -0.05) is 24.3 Å². The van der Waals surface area contributed by atoms with Crippen LogP contribution in [0.3, 0.4) is 0 Å². The molecular formula is C22H29N3O3. The summed E-state index contributed by atoms with van der Waals surface area (Å²) in [6, 6.07) is 13.5. The molecule has 0 spiro atoms. The number of pyridine rings is 1. The quantitative estimate of drug-likeness (QED) is 0.758. The number of hydrogen-bond acceptors (Lipinski definition) is 5. The van der Waals surface area contributed by atoms with Crippen LogP contribution in [0.4, 0.5) is 0 Å². The third kappa shape index (κ3) is 6.04. The second-order valence-electron chi connectivity index (χ2n) is 7.56. The Hall–Kier alpha value is -2.44. The molecular weight excluding hydrogens is 354 g/mol. The molecule has 3 rings (SSSR count). The topological polar surface area (TPSA) is 65.9 Å². The molecule has 28 heavy (non-hydrogen) atoms. The summed E-state index contributed by atoms with van der Waals surface area (Å²) < 4.78 is 5.71. The van der Waals surface area contributed by atoms with Crippen molar-refractivity contribution in [1.82, 2.24) is 14.8 Å². The van der Waals surface area contributed by atoms with Gasteiger partial charge in [-0.25, -0.2) is 0 Å². The van der Waals surface area contributed by atoms with Crippen LogP contribution in [0.1, 0.15) is 24.8 Å². The normalized spacial score (nSPS) is 16.2. The maximum Gasteiger partial charge on any atom is 0.223 e. The van der Waals surface area contributed by atoms with Crippen LogP contribution in [0.2, 0.25) is 0 Å². The number of aliphatic hydroxyl groups is 1. The molecule has 1 saturated heterocycles. The first-order chi connectivity index (χ1) is 13.5. The number of hydrogen-bond donors (Lipinski definition) is 1. The second-order valence-corrected chi connectivity index (χ2v) is 7.56. The van der Waals surface area contributed by atoms with E-state index in [-0.39, 0.29) is 12.5 Å². The van der Waals surface area contributed by atoms with Gasteiger partial charge in [0, 0.05) is 45.0 Å². The van der Waals surface area contributed by atoms with Crippen LogP contribution in [0.5, 0.6) is 5.75 Å². The van der Waals surface area contributed by atoms with Gasteiger partial charge in [-0.15, -0.1) is 0 Å². The predicted molar refractivity (Wildman–Crippen MR) is 108 cm³/mol. The first-order valence-electron chi connectivity index (χ1n) is 9.80. The molecule has 0 bridgehead atoms. The van der Waals surface area contributed by atoms with Crippen molar-refractivity contribution < 1.29 is 14.6 Å². The average molecular weight is 383 g/mol. The summed E-state index contributed by atoms with van der Waals surface area (Å²) >= 11 is 0. The van der Waals surface area contributed by atoms with Crippen molar-refractivity contribution in [2.75, 3.05) is 33.3 Å². The Bertz CT molecular complexity index is 731. The molecule has 150 valence electrons. The van der Waals surface area contributed by atoms with E-state index in [0.717, 1.165) is 17.9 Å². The van der Waals surface area contributed by atoms with Gasteiger partial charge in [0.05, 0.1) is 0 Å². The maximum atomic E-state index is 12.5. The average Bonchev–Trinajstić information content (AvgIpc) is 2.73. The van der Waals surface area contributed by atoms with E-state index in [0.29, 0.717) is 38.9 Å². The molecule has 1 aliphatic heterocycles. The molecule has 1 amide bonds. The molecule has 0 saturated carbocycles. The predicted octanol–water partition coefficient (Wildman–Crippen LogP) is 2.34. The Labute approximate surface area is 166 Å². The summed E-state index contributed by atoms with van der Waals surface area (Å²) in [7, 11) is 2.01. The zero-order valence-electron chi connectivity index (χ0n) is 16.5. The van der Waals surface area contributed by atoms with E-state index in [4.69, 9.17) is 4.74 Å². The van der Waals surface area contributed by atoms with Crippen LogP contribution in [0.25, 0.3) is 0 Å². The molecule has 2 heterocycles. The van der Waals surface area contributed by atoms with Crippen molar-refractivity contribution in [3.8, 4) is 5.75 Å². The molecule has 1 fully saturated rings. The van der Waals surface area contributed by atoms with E-state index in [9.17, 15) is 9.90 Å². The van der Waals surface area contributed by atoms with E-state index in [2.05, 4.69) is 9.88 Å².